The maximum absolute atomic E-state index is 11.9. The average Bonchev–Trinajstić information content (AvgIpc) is 2.24. The van der Waals surface area contributed by atoms with Crippen LogP contribution in [0.1, 0.15) is 26.7 Å². The van der Waals surface area contributed by atoms with Gasteiger partial charge in [0.25, 0.3) is 0 Å². The predicted octanol–water partition coefficient (Wildman–Crippen LogP) is 0.135. The molecule has 0 aromatic rings. The summed E-state index contributed by atoms with van der Waals surface area (Å²) in [6, 6.07) is -0.675. The summed E-state index contributed by atoms with van der Waals surface area (Å²) >= 11 is 0. The predicted molar refractivity (Wildman–Crippen MR) is 56.8 cm³/mol. The van der Waals surface area contributed by atoms with Crippen molar-refractivity contribution >= 4 is 11.8 Å². The molecule has 0 saturated carbocycles. The SMILES string of the molecule is C#CC(CC)N1CC(=O)NC(CC)C1=O. The van der Waals surface area contributed by atoms with Crippen LogP contribution >= 0.6 is 0 Å². The maximum Gasteiger partial charge on any atom is 0.246 e. The Hall–Kier alpha value is -1.50. The van der Waals surface area contributed by atoms with E-state index in [9.17, 15) is 9.59 Å². The lowest BCUT2D eigenvalue weighted by atomic mass is 10.1. The number of hydrogen-bond donors (Lipinski definition) is 1. The van der Waals surface area contributed by atoms with E-state index >= 15 is 0 Å². The molecule has 4 heteroatoms. The standard InChI is InChI=1S/C11H16N2O2/c1-4-8(5-2)13-7-10(14)12-9(6-3)11(13)15/h1,8-9H,5-7H2,2-3H3,(H,12,14). The Balaban J connectivity index is 2.83. The lowest BCUT2D eigenvalue weighted by Crippen LogP contribution is -2.60. The Morgan fingerprint density at radius 1 is 1.60 bits per heavy atom. The Labute approximate surface area is 90.0 Å². The minimum atomic E-state index is -0.409. The summed E-state index contributed by atoms with van der Waals surface area (Å²) in [6.45, 7) is 3.85. The van der Waals surface area contributed by atoms with Crippen molar-refractivity contribution in [1.82, 2.24) is 10.2 Å². The van der Waals surface area contributed by atoms with Crippen LogP contribution in [0.3, 0.4) is 0 Å². The first-order valence-electron chi connectivity index (χ1n) is 5.20. The Bertz CT molecular complexity index is 306. The molecular weight excluding hydrogens is 192 g/mol. The summed E-state index contributed by atoms with van der Waals surface area (Å²) in [5, 5.41) is 2.65. The van der Waals surface area contributed by atoms with Gasteiger partial charge < -0.3 is 10.2 Å². The molecule has 0 spiro atoms. The average molecular weight is 208 g/mol. The zero-order chi connectivity index (χ0) is 11.4. The van der Waals surface area contributed by atoms with Gasteiger partial charge in [0, 0.05) is 0 Å². The van der Waals surface area contributed by atoms with Crippen molar-refractivity contribution in [1.29, 1.82) is 0 Å². The first kappa shape index (κ1) is 11.6. The number of terminal acetylenes is 1. The number of piperazine rings is 1. The molecule has 2 unspecified atom stereocenters. The molecule has 1 N–H and O–H groups in total. The second-order valence-corrected chi connectivity index (χ2v) is 3.59. The number of nitrogens with one attached hydrogen (secondary N) is 1. The molecule has 1 fully saturated rings. The fourth-order valence-electron chi connectivity index (χ4n) is 1.70. The van der Waals surface area contributed by atoms with Crippen molar-refractivity contribution in [3.05, 3.63) is 0 Å². The monoisotopic (exact) mass is 208 g/mol. The smallest absolute Gasteiger partial charge is 0.246 e. The molecule has 15 heavy (non-hydrogen) atoms. The molecule has 1 aliphatic rings. The van der Waals surface area contributed by atoms with Crippen LogP contribution in [0.25, 0.3) is 0 Å². The van der Waals surface area contributed by atoms with Crippen molar-refractivity contribution in [2.75, 3.05) is 6.54 Å². The minimum Gasteiger partial charge on any atom is -0.343 e. The van der Waals surface area contributed by atoms with Gasteiger partial charge in [-0.25, -0.2) is 0 Å². The van der Waals surface area contributed by atoms with E-state index < -0.39 is 6.04 Å². The second-order valence-electron chi connectivity index (χ2n) is 3.59. The third-order valence-corrected chi connectivity index (χ3v) is 2.59. The van der Waals surface area contributed by atoms with E-state index in [2.05, 4.69) is 11.2 Å². The molecule has 2 amide bonds. The number of carbonyl (C=O) groups is 2. The number of amides is 2. The van der Waals surface area contributed by atoms with Crippen LogP contribution < -0.4 is 5.32 Å². The quantitative estimate of drug-likeness (QED) is 0.670. The van der Waals surface area contributed by atoms with Gasteiger partial charge in [-0.1, -0.05) is 19.8 Å². The molecule has 1 rings (SSSR count). The molecular formula is C11H16N2O2. The fraction of sp³-hybridized carbons (Fsp3) is 0.636. The first-order valence-corrected chi connectivity index (χ1v) is 5.20. The van der Waals surface area contributed by atoms with Crippen LogP contribution in [0.4, 0.5) is 0 Å². The number of carbonyl (C=O) groups excluding carboxylic acids is 2. The van der Waals surface area contributed by atoms with E-state index in [0.29, 0.717) is 12.8 Å². The van der Waals surface area contributed by atoms with Crippen LogP contribution in [-0.4, -0.2) is 35.3 Å². The number of nitrogens with zero attached hydrogens (tertiary/aromatic N) is 1. The number of rotatable bonds is 3. The highest BCUT2D eigenvalue weighted by Crippen LogP contribution is 2.11. The van der Waals surface area contributed by atoms with E-state index in [1.807, 2.05) is 13.8 Å². The molecule has 2 atom stereocenters. The molecule has 0 aromatic heterocycles. The van der Waals surface area contributed by atoms with Crippen molar-refractivity contribution in [3.8, 4) is 12.3 Å². The van der Waals surface area contributed by atoms with Crippen LogP contribution in [0, 0.1) is 12.3 Å². The van der Waals surface area contributed by atoms with Gasteiger partial charge in [-0.15, -0.1) is 6.42 Å². The first-order chi connectivity index (χ1) is 7.13. The lowest BCUT2D eigenvalue weighted by molar-refractivity contribution is -0.145. The summed E-state index contributed by atoms with van der Waals surface area (Å²) in [4.78, 5) is 24.7. The largest absolute Gasteiger partial charge is 0.343 e. The van der Waals surface area contributed by atoms with Gasteiger partial charge in [0.15, 0.2) is 0 Å². The van der Waals surface area contributed by atoms with E-state index in [4.69, 9.17) is 6.42 Å². The molecule has 0 aliphatic carbocycles. The molecule has 1 aliphatic heterocycles. The highest BCUT2D eigenvalue weighted by atomic mass is 16.2. The van der Waals surface area contributed by atoms with E-state index in [1.165, 1.54) is 4.90 Å². The van der Waals surface area contributed by atoms with Crippen molar-refractivity contribution < 1.29 is 9.59 Å². The van der Waals surface area contributed by atoms with Crippen LogP contribution in [0.2, 0.25) is 0 Å². The second kappa shape index (κ2) is 4.83. The molecule has 1 heterocycles. The van der Waals surface area contributed by atoms with E-state index in [-0.39, 0.29) is 24.4 Å². The third kappa shape index (κ3) is 2.30. The molecule has 0 radical (unpaired) electrons. The van der Waals surface area contributed by atoms with Crippen molar-refractivity contribution in [2.45, 2.75) is 38.8 Å². The topological polar surface area (TPSA) is 49.4 Å². The van der Waals surface area contributed by atoms with Crippen LogP contribution in [-0.2, 0) is 9.59 Å². The summed E-state index contributed by atoms with van der Waals surface area (Å²) in [5.74, 6) is 2.34. The number of hydrogen-bond acceptors (Lipinski definition) is 2. The summed E-state index contributed by atoms with van der Waals surface area (Å²) < 4.78 is 0. The molecule has 1 saturated heterocycles. The van der Waals surface area contributed by atoms with Crippen molar-refractivity contribution in [3.63, 3.8) is 0 Å². The van der Waals surface area contributed by atoms with Gasteiger partial charge >= 0.3 is 0 Å². The Morgan fingerprint density at radius 2 is 2.27 bits per heavy atom. The highest BCUT2D eigenvalue weighted by Gasteiger charge is 2.34. The Kier molecular flexibility index (Phi) is 3.73. The minimum absolute atomic E-state index is 0.0677. The van der Waals surface area contributed by atoms with E-state index in [1.54, 1.807) is 0 Å². The molecule has 82 valence electrons. The summed E-state index contributed by atoms with van der Waals surface area (Å²) in [6.07, 6.45) is 6.60. The lowest BCUT2D eigenvalue weighted by Gasteiger charge is -2.35. The molecule has 0 aromatic carbocycles. The molecule has 0 bridgehead atoms. The Morgan fingerprint density at radius 3 is 2.73 bits per heavy atom. The normalized spacial score (nSPS) is 23.3. The maximum atomic E-state index is 11.9. The third-order valence-electron chi connectivity index (χ3n) is 2.59. The van der Waals surface area contributed by atoms with Gasteiger partial charge in [-0.05, 0) is 12.8 Å². The fourth-order valence-corrected chi connectivity index (χ4v) is 1.70. The van der Waals surface area contributed by atoms with E-state index in [0.717, 1.165) is 0 Å². The van der Waals surface area contributed by atoms with Crippen LogP contribution in [0.5, 0.6) is 0 Å². The molecule has 4 nitrogen and oxygen atoms in total. The zero-order valence-corrected chi connectivity index (χ0v) is 9.12. The van der Waals surface area contributed by atoms with Gasteiger partial charge in [0.05, 0.1) is 6.04 Å². The highest BCUT2D eigenvalue weighted by molar-refractivity contribution is 5.95. The van der Waals surface area contributed by atoms with Gasteiger partial charge in [0.2, 0.25) is 11.8 Å². The van der Waals surface area contributed by atoms with Gasteiger partial charge in [-0.3, -0.25) is 9.59 Å². The van der Waals surface area contributed by atoms with Crippen molar-refractivity contribution in [2.24, 2.45) is 0 Å². The van der Waals surface area contributed by atoms with Gasteiger partial charge in [0.1, 0.15) is 12.6 Å². The van der Waals surface area contributed by atoms with Gasteiger partial charge in [-0.2, -0.15) is 0 Å². The van der Waals surface area contributed by atoms with Crippen LogP contribution in [0.15, 0.2) is 0 Å². The summed E-state index contributed by atoms with van der Waals surface area (Å²) in [5.41, 5.74) is 0. The summed E-state index contributed by atoms with van der Waals surface area (Å²) in [7, 11) is 0. The zero-order valence-electron chi connectivity index (χ0n) is 9.12.